The Labute approximate surface area is 113 Å². The molecule has 0 radical (unpaired) electrons. The number of aromatic carboxylic acids is 1. The minimum atomic E-state index is -1.29. The van der Waals surface area contributed by atoms with E-state index in [9.17, 15) is 9.18 Å². The summed E-state index contributed by atoms with van der Waals surface area (Å²) in [6.45, 7) is 0. The zero-order valence-corrected chi connectivity index (χ0v) is 10.1. The summed E-state index contributed by atoms with van der Waals surface area (Å²) in [6.07, 6.45) is 0. The van der Waals surface area contributed by atoms with Crippen LogP contribution in [0.15, 0.2) is 36.4 Å². The van der Waals surface area contributed by atoms with Crippen LogP contribution >= 0.6 is 0 Å². The molecule has 0 aromatic heterocycles. The molecule has 0 heterocycles. The zero-order valence-electron chi connectivity index (χ0n) is 10.1. The molecule has 0 fully saturated rings. The number of para-hydroxylation sites is 1. The van der Waals surface area contributed by atoms with Gasteiger partial charge in [-0.1, -0.05) is 12.1 Å². The Morgan fingerprint density at radius 2 is 2.00 bits per heavy atom. The standard InChI is InChI=1S/C14H9FN2O3/c15-10-6-11(17)9(14(18)19)5-13(10)20-12-4-2-1-3-8(12)7-16/h1-6H,17H2,(H,18,19). The monoisotopic (exact) mass is 272 g/mol. The van der Waals surface area contributed by atoms with Gasteiger partial charge in [-0.25, -0.2) is 9.18 Å². The molecule has 3 N–H and O–H groups in total. The number of anilines is 1. The van der Waals surface area contributed by atoms with Gasteiger partial charge in [0.2, 0.25) is 0 Å². The molecule has 0 saturated carbocycles. The second kappa shape index (κ2) is 5.28. The highest BCUT2D eigenvalue weighted by atomic mass is 19.1. The van der Waals surface area contributed by atoms with Crippen LogP contribution in [0.3, 0.4) is 0 Å². The third-order valence-corrected chi connectivity index (χ3v) is 2.56. The molecule has 20 heavy (non-hydrogen) atoms. The zero-order chi connectivity index (χ0) is 14.7. The van der Waals surface area contributed by atoms with Gasteiger partial charge in [0.15, 0.2) is 11.6 Å². The average molecular weight is 272 g/mol. The van der Waals surface area contributed by atoms with Gasteiger partial charge in [-0.05, 0) is 12.1 Å². The van der Waals surface area contributed by atoms with Gasteiger partial charge in [0.1, 0.15) is 11.8 Å². The Hall–Kier alpha value is -3.07. The molecule has 0 aliphatic rings. The van der Waals surface area contributed by atoms with E-state index in [2.05, 4.69) is 0 Å². The third-order valence-electron chi connectivity index (χ3n) is 2.56. The van der Waals surface area contributed by atoms with Crippen molar-refractivity contribution in [2.45, 2.75) is 0 Å². The number of nitriles is 1. The van der Waals surface area contributed by atoms with Crippen LogP contribution in [-0.4, -0.2) is 11.1 Å². The van der Waals surface area contributed by atoms with Gasteiger partial charge in [-0.15, -0.1) is 0 Å². The van der Waals surface area contributed by atoms with E-state index >= 15 is 0 Å². The normalized spacial score (nSPS) is 9.80. The van der Waals surface area contributed by atoms with Crippen LogP contribution in [0.2, 0.25) is 0 Å². The van der Waals surface area contributed by atoms with E-state index in [-0.39, 0.29) is 28.3 Å². The molecule has 2 aromatic carbocycles. The van der Waals surface area contributed by atoms with Gasteiger partial charge in [0.05, 0.1) is 11.1 Å². The summed E-state index contributed by atoms with van der Waals surface area (Å²) >= 11 is 0. The number of carboxylic acid groups (broad SMARTS) is 1. The third kappa shape index (κ3) is 2.52. The number of nitrogen functional groups attached to an aromatic ring is 1. The van der Waals surface area contributed by atoms with E-state index in [0.29, 0.717) is 0 Å². The van der Waals surface area contributed by atoms with Gasteiger partial charge in [-0.2, -0.15) is 5.26 Å². The average Bonchev–Trinajstić information content (AvgIpc) is 2.42. The minimum Gasteiger partial charge on any atom is -0.478 e. The molecular formula is C14H9FN2O3. The molecule has 6 heteroatoms. The van der Waals surface area contributed by atoms with Crippen molar-refractivity contribution in [1.82, 2.24) is 0 Å². The van der Waals surface area contributed by atoms with Gasteiger partial charge >= 0.3 is 5.97 Å². The van der Waals surface area contributed by atoms with E-state index in [1.165, 1.54) is 12.1 Å². The first kappa shape index (κ1) is 13.4. The van der Waals surface area contributed by atoms with Crippen molar-refractivity contribution in [3.63, 3.8) is 0 Å². The van der Waals surface area contributed by atoms with E-state index in [0.717, 1.165) is 12.1 Å². The van der Waals surface area contributed by atoms with Crippen molar-refractivity contribution in [1.29, 1.82) is 5.26 Å². The number of carboxylic acids is 1. The van der Waals surface area contributed by atoms with Crippen molar-refractivity contribution < 1.29 is 19.0 Å². The molecular weight excluding hydrogens is 263 g/mol. The summed E-state index contributed by atoms with van der Waals surface area (Å²) in [6, 6.07) is 9.98. The molecule has 0 unspecified atom stereocenters. The Morgan fingerprint density at radius 3 is 2.65 bits per heavy atom. The lowest BCUT2D eigenvalue weighted by molar-refractivity contribution is 0.0697. The lowest BCUT2D eigenvalue weighted by Gasteiger charge is -2.10. The molecule has 0 bridgehead atoms. The fraction of sp³-hybridized carbons (Fsp3) is 0. The number of hydrogen-bond donors (Lipinski definition) is 2. The van der Waals surface area contributed by atoms with Crippen molar-refractivity contribution in [3.8, 4) is 17.6 Å². The van der Waals surface area contributed by atoms with Crippen LogP contribution in [0.1, 0.15) is 15.9 Å². The van der Waals surface area contributed by atoms with Crippen LogP contribution < -0.4 is 10.5 Å². The van der Waals surface area contributed by atoms with Gasteiger partial charge < -0.3 is 15.6 Å². The van der Waals surface area contributed by atoms with Gasteiger partial charge in [0.25, 0.3) is 0 Å². The second-order valence-corrected chi connectivity index (χ2v) is 3.89. The van der Waals surface area contributed by atoms with Crippen LogP contribution in [-0.2, 0) is 0 Å². The van der Waals surface area contributed by atoms with E-state index in [1.807, 2.05) is 6.07 Å². The maximum absolute atomic E-state index is 13.7. The van der Waals surface area contributed by atoms with Crippen LogP contribution in [0.5, 0.6) is 11.5 Å². The Balaban J connectivity index is 2.46. The van der Waals surface area contributed by atoms with E-state index in [1.54, 1.807) is 12.1 Å². The number of nitrogens with zero attached hydrogens (tertiary/aromatic N) is 1. The Bertz CT molecular complexity index is 723. The Morgan fingerprint density at radius 1 is 1.30 bits per heavy atom. The molecule has 2 rings (SSSR count). The van der Waals surface area contributed by atoms with Crippen molar-refractivity contribution in [2.75, 3.05) is 5.73 Å². The van der Waals surface area contributed by atoms with Crippen LogP contribution in [0.25, 0.3) is 0 Å². The van der Waals surface area contributed by atoms with Crippen molar-refractivity contribution >= 4 is 11.7 Å². The highest BCUT2D eigenvalue weighted by molar-refractivity contribution is 5.94. The number of hydrogen-bond acceptors (Lipinski definition) is 4. The Kier molecular flexibility index (Phi) is 3.53. The van der Waals surface area contributed by atoms with Gasteiger partial charge in [-0.3, -0.25) is 0 Å². The minimum absolute atomic E-state index is 0.134. The second-order valence-electron chi connectivity index (χ2n) is 3.89. The molecule has 0 aliphatic carbocycles. The summed E-state index contributed by atoms with van der Waals surface area (Å²) in [5, 5.41) is 17.9. The van der Waals surface area contributed by atoms with Gasteiger partial charge in [0, 0.05) is 17.8 Å². The fourth-order valence-electron chi connectivity index (χ4n) is 1.60. The molecule has 0 saturated heterocycles. The number of benzene rings is 2. The lowest BCUT2D eigenvalue weighted by Crippen LogP contribution is -2.04. The van der Waals surface area contributed by atoms with E-state index in [4.69, 9.17) is 20.8 Å². The first-order valence-corrected chi connectivity index (χ1v) is 5.52. The lowest BCUT2D eigenvalue weighted by atomic mass is 10.1. The number of carbonyl (C=O) groups is 1. The number of ether oxygens (including phenoxy) is 1. The summed E-state index contributed by atoms with van der Waals surface area (Å²) < 4.78 is 19.0. The van der Waals surface area contributed by atoms with Crippen LogP contribution in [0.4, 0.5) is 10.1 Å². The summed E-state index contributed by atoms with van der Waals surface area (Å²) in [5.74, 6) is -2.27. The molecule has 0 atom stereocenters. The summed E-state index contributed by atoms with van der Waals surface area (Å²) in [5.41, 5.74) is 5.15. The maximum Gasteiger partial charge on any atom is 0.337 e. The molecule has 0 spiro atoms. The quantitative estimate of drug-likeness (QED) is 0.837. The summed E-state index contributed by atoms with van der Waals surface area (Å²) in [4.78, 5) is 11.0. The molecule has 100 valence electrons. The summed E-state index contributed by atoms with van der Waals surface area (Å²) in [7, 11) is 0. The number of rotatable bonds is 3. The largest absolute Gasteiger partial charge is 0.478 e. The number of nitrogens with two attached hydrogens (primary N) is 1. The van der Waals surface area contributed by atoms with Crippen LogP contribution in [0, 0.1) is 17.1 Å². The topological polar surface area (TPSA) is 96.3 Å². The van der Waals surface area contributed by atoms with Crippen molar-refractivity contribution in [3.05, 3.63) is 53.3 Å². The highest BCUT2D eigenvalue weighted by Gasteiger charge is 2.15. The molecule has 0 amide bonds. The molecule has 5 nitrogen and oxygen atoms in total. The maximum atomic E-state index is 13.7. The van der Waals surface area contributed by atoms with Crippen molar-refractivity contribution in [2.24, 2.45) is 0 Å². The predicted molar refractivity (Wildman–Crippen MR) is 69.0 cm³/mol. The molecule has 2 aromatic rings. The SMILES string of the molecule is N#Cc1ccccc1Oc1cc(C(=O)O)c(N)cc1F. The smallest absolute Gasteiger partial charge is 0.337 e. The predicted octanol–water partition coefficient (Wildman–Crippen LogP) is 2.77. The fourth-order valence-corrected chi connectivity index (χ4v) is 1.60. The first-order valence-electron chi connectivity index (χ1n) is 5.52. The van der Waals surface area contributed by atoms with E-state index < -0.39 is 11.8 Å². The molecule has 0 aliphatic heterocycles. The highest BCUT2D eigenvalue weighted by Crippen LogP contribution is 2.30. The number of halogens is 1. The first-order chi connectivity index (χ1) is 9.52.